The monoisotopic (exact) mass is 389 g/mol. The Morgan fingerprint density at radius 2 is 2.03 bits per heavy atom. The summed E-state index contributed by atoms with van der Waals surface area (Å²) in [7, 11) is 0. The molecule has 1 fully saturated rings. The fourth-order valence-corrected chi connectivity index (χ4v) is 4.29. The summed E-state index contributed by atoms with van der Waals surface area (Å²) < 4.78 is 11.2. The highest BCUT2D eigenvalue weighted by Gasteiger charge is 2.35. The van der Waals surface area contributed by atoms with Gasteiger partial charge >= 0.3 is 0 Å². The zero-order valence-corrected chi connectivity index (χ0v) is 16.4. The number of para-hydroxylation sites is 1. The number of amides is 1. The Kier molecular flexibility index (Phi) is 4.54. The van der Waals surface area contributed by atoms with Gasteiger partial charge in [-0.1, -0.05) is 23.4 Å². The second-order valence-corrected chi connectivity index (χ2v) is 7.60. The number of anilines is 1. The molecule has 2 aliphatic rings. The Bertz CT molecular complexity index is 1060. The Morgan fingerprint density at radius 3 is 2.93 bits per heavy atom. The van der Waals surface area contributed by atoms with E-state index in [4.69, 9.17) is 9.26 Å². The van der Waals surface area contributed by atoms with Crippen molar-refractivity contribution in [2.45, 2.75) is 38.5 Å². The topological polar surface area (TPSA) is 68.5 Å². The van der Waals surface area contributed by atoms with Gasteiger partial charge in [-0.15, -0.1) is 0 Å². The lowest BCUT2D eigenvalue weighted by atomic mass is 10.1. The first-order chi connectivity index (χ1) is 14.2. The van der Waals surface area contributed by atoms with Crippen molar-refractivity contribution in [2.24, 2.45) is 0 Å². The molecule has 6 heteroatoms. The molecule has 1 atom stereocenters. The van der Waals surface area contributed by atoms with E-state index in [0.717, 1.165) is 24.1 Å². The molecule has 0 N–H and O–H groups in total. The highest BCUT2D eigenvalue weighted by molar-refractivity contribution is 5.96. The van der Waals surface area contributed by atoms with Crippen molar-refractivity contribution in [3.8, 4) is 17.2 Å². The lowest BCUT2D eigenvalue weighted by Crippen LogP contribution is -2.24. The van der Waals surface area contributed by atoms with E-state index in [1.165, 1.54) is 17.5 Å². The molecule has 6 nitrogen and oxygen atoms in total. The van der Waals surface area contributed by atoms with Gasteiger partial charge in [-0.25, -0.2) is 0 Å². The number of benzene rings is 2. The highest BCUT2D eigenvalue weighted by atomic mass is 16.5. The van der Waals surface area contributed by atoms with Gasteiger partial charge in [-0.3, -0.25) is 4.79 Å². The standard InChI is InChI=1S/C23H23N3O3/c1-2-28-20-9-4-3-8-19(20)23-24-22(25-29-23)17-13-21(27)26(14-17)18-11-10-15-6-5-7-16(15)12-18/h3-4,8-12,17H,2,5-7,13-14H2,1H3. The van der Waals surface area contributed by atoms with Gasteiger partial charge in [0.2, 0.25) is 5.91 Å². The van der Waals surface area contributed by atoms with Crippen molar-refractivity contribution >= 4 is 11.6 Å². The molecule has 0 saturated carbocycles. The van der Waals surface area contributed by atoms with Crippen molar-refractivity contribution < 1.29 is 14.1 Å². The van der Waals surface area contributed by atoms with Crippen LogP contribution in [0.3, 0.4) is 0 Å². The van der Waals surface area contributed by atoms with E-state index >= 15 is 0 Å². The zero-order chi connectivity index (χ0) is 19.8. The number of hydrogen-bond acceptors (Lipinski definition) is 5. The Balaban J connectivity index is 1.37. The average molecular weight is 389 g/mol. The molecule has 1 aliphatic heterocycles. The van der Waals surface area contributed by atoms with E-state index in [1.807, 2.05) is 36.1 Å². The number of rotatable bonds is 5. The molecule has 148 valence electrons. The lowest BCUT2D eigenvalue weighted by Gasteiger charge is -2.17. The van der Waals surface area contributed by atoms with Crippen LogP contribution in [-0.4, -0.2) is 29.2 Å². The minimum absolute atomic E-state index is 0.0764. The number of aromatic nitrogens is 2. The van der Waals surface area contributed by atoms with Crippen molar-refractivity contribution in [2.75, 3.05) is 18.1 Å². The lowest BCUT2D eigenvalue weighted by molar-refractivity contribution is -0.117. The summed E-state index contributed by atoms with van der Waals surface area (Å²) >= 11 is 0. The van der Waals surface area contributed by atoms with Crippen LogP contribution in [0.25, 0.3) is 11.5 Å². The van der Waals surface area contributed by atoms with E-state index in [2.05, 4.69) is 28.3 Å². The molecular formula is C23H23N3O3. The molecule has 0 radical (unpaired) electrons. The Labute approximate surface area is 169 Å². The highest BCUT2D eigenvalue weighted by Crippen LogP contribution is 2.35. The van der Waals surface area contributed by atoms with Crippen molar-refractivity contribution in [3.63, 3.8) is 0 Å². The van der Waals surface area contributed by atoms with E-state index in [9.17, 15) is 4.79 Å². The van der Waals surface area contributed by atoms with Crippen LogP contribution in [0.4, 0.5) is 5.69 Å². The summed E-state index contributed by atoms with van der Waals surface area (Å²) in [6.07, 6.45) is 3.83. The maximum absolute atomic E-state index is 12.7. The van der Waals surface area contributed by atoms with Crippen LogP contribution in [0.15, 0.2) is 47.0 Å². The van der Waals surface area contributed by atoms with Gasteiger partial charge in [-0.2, -0.15) is 4.98 Å². The van der Waals surface area contributed by atoms with Crippen LogP contribution in [0.1, 0.15) is 42.6 Å². The molecular weight excluding hydrogens is 366 g/mol. The van der Waals surface area contributed by atoms with Crippen molar-refractivity contribution in [3.05, 3.63) is 59.4 Å². The number of ether oxygens (including phenoxy) is 1. The summed E-state index contributed by atoms with van der Waals surface area (Å²) in [5.41, 5.74) is 4.53. The number of nitrogens with zero attached hydrogens (tertiary/aromatic N) is 3. The minimum atomic E-state index is -0.0764. The van der Waals surface area contributed by atoms with Gasteiger partial charge in [-0.05, 0) is 61.6 Å². The number of aryl methyl sites for hydroxylation is 2. The molecule has 1 unspecified atom stereocenters. The molecule has 5 rings (SSSR count). The fraction of sp³-hybridized carbons (Fsp3) is 0.348. The average Bonchev–Trinajstić information content (AvgIpc) is 3.47. The molecule has 0 bridgehead atoms. The van der Waals surface area contributed by atoms with Gasteiger partial charge in [0, 0.05) is 24.6 Å². The molecule has 2 heterocycles. The van der Waals surface area contributed by atoms with Gasteiger partial charge in [0.25, 0.3) is 5.89 Å². The smallest absolute Gasteiger partial charge is 0.261 e. The molecule has 1 aliphatic carbocycles. The van der Waals surface area contributed by atoms with E-state index in [-0.39, 0.29) is 11.8 Å². The third-order valence-corrected chi connectivity index (χ3v) is 5.74. The second-order valence-electron chi connectivity index (χ2n) is 7.60. The zero-order valence-electron chi connectivity index (χ0n) is 16.4. The van der Waals surface area contributed by atoms with Crippen LogP contribution >= 0.6 is 0 Å². The molecule has 0 spiro atoms. The Morgan fingerprint density at radius 1 is 1.17 bits per heavy atom. The molecule has 1 amide bonds. The van der Waals surface area contributed by atoms with Crippen molar-refractivity contribution in [1.82, 2.24) is 10.1 Å². The fourth-order valence-electron chi connectivity index (χ4n) is 4.29. The molecule has 3 aromatic rings. The first kappa shape index (κ1) is 17.9. The van der Waals surface area contributed by atoms with E-state index in [1.54, 1.807) is 0 Å². The Hall–Kier alpha value is -3.15. The molecule has 2 aromatic carbocycles. The second kappa shape index (κ2) is 7.35. The summed E-state index contributed by atoms with van der Waals surface area (Å²) in [6, 6.07) is 14.0. The maximum atomic E-state index is 12.7. The van der Waals surface area contributed by atoms with Crippen LogP contribution in [-0.2, 0) is 17.6 Å². The predicted octanol–water partition coefficient (Wildman–Crippen LogP) is 4.14. The van der Waals surface area contributed by atoms with Gasteiger partial charge < -0.3 is 14.2 Å². The van der Waals surface area contributed by atoms with Crippen molar-refractivity contribution in [1.29, 1.82) is 0 Å². The van der Waals surface area contributed by atoms with Crippen LogP contribution in [0, 0.1) is 0 Å². The van der Waals surface area contributed by atoms with E-state index < -0.39 is 0 Å². The SMILES string of the molecule is CCOc1ccccc1-c1nc(C2CC(=O)N(c3ccc4c(c3)CCC4)C2)no1. The number of carbonyl (C=O) groups excluding carboxylic acids is 1. The summed E-state index contributed by atoms with van der Waals surface area (Å²) in [5.74, 6) is 1.74. The summed E-state index contributed by atoms with van der Waals surface area (Å²) in [5, 5.41) is 4.18. The van der Waals surface area contributed by atoms with E-state index in [0.29, 0.717) is 37.0 Å². The third-order valence-electron chi connectivity index (χ3n) is 5.74. The van der Waals surface area contributed by atoms with Gasteiger partial charge in [0.15, 0.2) is 5.82 Å². The normalized spacial score (nSPS) is 18.3. The molecule has 1 aromatic heterocycles. The number of carbonyl (C=O) groups is 1. The maximum Gasteiger partial charge on any atom is 0.261 e. The van der Waals surface area contributed by atoms with Crippen LogP contribution in [0.2, 0.25) is 0 Å². The minimum Gasteiger partial charge on any atom is -0.493 e. The third kappa shape index (κ3) is 3.28. The molecule has 29 heavy (non-hydrogen) atoms. The van der Waals surface area contributed by atoms with Crippen LogP contribution in [0.5, 0.6) is 5.75 Å². The van der Waals surface area contributed by atoms with Crippen LogP contribution < -0.4 is 9.64 Å². The summed E-state index contributed by atoms with van der Waals surface area (Å²) in [6.45, 7) is 3.07. The summed E-state index contributed by atoms with van der Waals surface area (Å²) in [4.78, 5) is 19.1. The first-order valence-electron chi connectivity index (χ1n) is 10.2. The molecule has 1 saturated heterocycles. The van der Waals surface area contributed by atoms with Gasteiger partial charge in [0.1, 0.15) is 5.75 Å². The largest absolute Gasteiger partial charge is 0.493 e. The van der Waals surface area contributed by atoms with Gasteiger partial charge in [0.05, 0.1) is 12.2 Å². The first-order valence-corrected chi connectivity index (χ1v) is 10.2. The predicted molar refractivity (Wildman–Crippen MR) is 109 cm³/mol. The quantitative estimate of drug-likeness (QED) is 0.656. The number of fused-ring (bicyclic) bond motifs is 1. The number of hydrogen-bond donors (Lipinski definition) is 0.